The van der Waals surface area contributed by atoms with Gasteiger partial charge < -0.3 is 4.74 Å². The number of benzene rings is 2. The number of hydrogen-bond acceptors (Lipinski definition) is 3. The summed E-state index contributed by atoms with van der Waals surface area (Å²) < 4.78 is 6.57. The number of hydrogen-bond donors (Lipinski definition) is 2. The molecule has 0 aliphatic heterocycles. The summed E-state index contributed by atoms with van der Waals surface area (Å²) in [5.74, 6) is 5.46. The highest BCUT2D eigenvalue weighted by Gasteiger charge is 2.04. The van der Waals surface area contributed by atoms with Crippen molar-refractivity contribution in [2.45, 2.75) is 13.0 Å². The van der Waals surface area contributed by atoms with Crippen molar-refractivity contribution in [3.8, 4) is 5.75 Å². The monoisotopic (exact) mass is 368 g/mol. The van der Waals surface area contributed by atoms with E-state index in [9.17, 15) is 4.79 Å². The molecule has 4 nitrogen and oxygen atoms in total. The minimum atomic E-state index is -0.222. The highest BCUT2D eigenvalue weighted by atomic mass is 79.9. The summed E-state index contributed by atoms with van der Waals surface area (Å²) in [5, 5.41) is 0.556. The molecule has 6 heteroatoms. The standard InChI is InChI=1S/C15H14BrClN2O2/c16-12-5-6-14(13(17)8-12)21-9-11-3-1-10(2-4-11)7-15(20)19-18/h1-6,8H,7,9,18H2,(H,19,20). The number of rotatable bonds is 5. The number of hydrazine groups is 1. The largest absolute Gasteiger partial charge is 0.487 e. The Bertz CT molecular complexity index is 632. The Kier molecular flexibility index (Phi) is 5.61. The van der Waals surface area contributed by atoms with Crippen LogP contribution in [-0.2, 0) is 17.8 Å². The molecule has 0 spiro atoms. The second kappa shape index (κ2) is 7.45. The molecule has 0 atom stereocenters. The summed E-state index contributed by atoms with van der Waals surface area (Å²) in [6, 6.07) is 13.0. The number of carbonyl (C=O) groups excluding carboxylic acids is 1. The maximum atomic E-state index is 11.2. The van der Waals surface area contributed by atoms with Gasteiger partial charge in [-0.15, -0.1) is 0 Å². The molecule has 0 aliphatic carbocycles. The van der Waals surface area contributed by atoms with Gasteiger partial charge in [0.1, 0.15) is 12.4 Å². The number of amides is 1. The molecule has 0 aromatic heterocycles. The van der Waals surface area contributed by atoms with Crippen molar-refractivity contribution in [3.05, 3.63) is 63.1 Å². The SMILES string of the molecule is NNC(=O)Cc1ccc(COc2ccc(Br)cc2Cl)cc1. The number of carbonyl (C=O) groups is 1. The highest BCUT2D eigenvalue weighted by Crippen LogP contribution is 2.28. The molecule has 0 saturated heterocycles. The van der Waals surface area contributed by atoms with Crippen molar-refractivity contribution in [3.63, 3.8) is 0 Å². The minimum Gasteiger partial charge on any atom is -0.487 e. The van der Waals surface area contributed by atoms with E-state index in [0.29, 0.717) is 17.4 Å². The zero-order valence-electron chi connectivity index (χ0n) is 11.1. The molecule has 0 saturated carbocycles. The zero-order chi connectivity index (χ0) is 15.2. The van der Waals surface area contributed by atoms with Crippen LogP contribution in [0.2, 0.25) is 5.02 Å². The maximum Gasteiger partial charge on any atom is 0.238 e. The highest BCUT2D eigenvalue weighted by molar-refractivity contribution is 9.10. The van der Waals surface area contributed by atoms with Gasteiger partial charge in [-0.2, -0.15) is 0 Å². The van der Waals surface area contributed by atoms with E-state index in [0.717, 1.165) is 15.6 Å². The van der Waals surface area contributed by atoms with Crippen LogP contribution < -0.4 is 16.0 Å². The summed E-state index contributed by atoms with van der Waals surface area (Å²) in [7, 11) is 0. The second-order valence-electron chi connectivity index (χ2n) is 4.42. The number of nitrogens with one attached hydrogen (secondary N) is 1. The van der Waals surface area contributed by atoms with Crippen LogP contribution in [0.1, 0.15) is 11.1 Å². The summed E-state index contributed by atoms with van der Waals surface area (Å²) in [6.07, 6.45) is 0.260. The first kappa shape index (κ1) is 15.8. The van der Waals surface area contributed by atoms with Crippen molar-refractivity contribution in [2.24, 2.45) is 5.84 Å². The third-order valence-corrected chi connectivity index (χ3v) is 3.63. The first-order chi connectivity index (χ1) is 10.1. The van der Waals surface area contributed by atoms with Gasteiger partial charge in [0.15, 0.2) is 0 Å². The summed E-state index contributed by atoms with van der Waals surface area (Å²) in [6.45, 7) is 0.407. The second-order valence-corrected chi connectivity index (χ2v) is 5.75. The Morgan fingerprint density at radius 3 is 2.48 bits per heavy atom. The lowest BCUT2D eigenvalue weighted by Gasteiger charge is -2.09. The first-order valence-corrected chi connectivity index (χ1v) is 7.40. The van der Waals surface area contributed by atoms with Crippen molar-refractivity contribution in [1.82, 2.24) is 5.43 Å². The lowest BCUT2D eigenvalue weighted by Crippen LogP contribution is -2.31. The number of ether oxygens (including phenoxy) is 1. The minimum absolute atomic E-state index is 0.222. The van der Waals surface area contributed by atoms with Crippen LogP contribution in [0, 0.1) is 0 Å². The normalized spacial score (nSPS) is 10.2. The first-order valence-electron chi connectivity index (χ1n) is 6.23. The summed E-state index contributed by atoms with van der Waals surface area (Å²) >= 11 is 9.43. The van der Waals surface area contributed by atoms with Crippen LogP contribution in [0.5, 0.6) is 5.75 Å². The average Bonchev–Trinajstić information content (AvgIpc) is 2.48. The molecule has 0 fully saturated rings. The maximum absolute atomic E-state index is 11.2. The number of nitrogens with two attached hydrogens (primary N) is 1. The Hall–Kier alpha value is -1.56. The molecule has 0 bridgehead atoms. The van der Waals surface area contributed by atoms with Crippen LogP contribution in [0.25, 0.3) is 0 Å². The van der Waals surface area contributed by atoms with Crippen LogP contribution in [0.3, 0.4) is 0 Å². The predicted molar refractivity (Wildman–Crippen MR) is 86.0 cm³/mol. The van der Waals surface area contributed by atoms with E-state index in [1.54, 1.807) is 6.07 Å². The molecule has 21 heavy (non-hydrogen) atoms. The van der Waals surface area contributed by atoms with E-state index in [4.69, 9.17) is 22.2 Å². The lowest BCUT2D eigenvalue weighted by molar-refractivity contribution is -0.120. The summed E-state index contributed by atoms with van der Waals surface area (Å²) in [4.78, 5) is 11.2. The van der Waals surface area contributed by atoms with Gasteiger partial charge in [-0.1, -0.05) is 51.8 Å². The summed E-state index contributed by atoms with van der Waals surface area (Å²) in [5.41, 5.74) is 3.99. The van der Waals surface area contributed by atoms with Gasteiger partial charge in [0.05, 0.1) is 11.4 Å². The van der Waals surface area contributed by atoms with Gasteiger partial charge in [-0.05, 0) is 29.3 Å². The smallest absolute Gasteiger partial charge is 0.238 e. The van der Waals surface area contributed by atoms with Crippen LogP contribution in [-0.4, -0.2) is 5.91 Å². The molecule has 2 rings (SSSR count). The number of halogens is 2. The molecule has 0 unspecified atom stereocenters. The molecule has 0 radical (unpaired) electrons. The van der Waals surface area contributed by atoms with Crippen molar-refractivity contribution in [1.29, 1.82) is 0 Å². The topological polar surface area (TPSA) is 64.3 Å². The van der Waals surface area contributed by atoms with Gasteiger partial charge in [-0.3, -0.25) is 10.2 Å². The Labute approximate surface area is 136 Å². The van der Waals surface area contributed by atoms with Gasteiger partial charge in [0.25, 0.3) is 0 Å². The molecule has 0 heterocycles. The van der Waals surface area contributed by atoms with Crippen LogP contribution >= 0.6 is 27.5 Å². The fraction of sp³-hybridized carbons (Fsp3) is 0.133. The average molecular weight is 370 g/mol. The van der Waals surface area contributed by atoms with Gasteiger partial charge in [0.2, 0.25) is 5.91 Å². The Balaban J connectivity index is 1.96. The quantitative estimate of drug-likeness (QED) is 0.483. The molecule has 0 aliphatic rings. The molecular formula is C15H14BrClN2O2. The zero-order valence-corrected chi connectivity index (χ0v) is 13.4. The lowest BCUT2D eigenvalue weighted by atomic mass is 10.1. The van der Waals surface area contributed by atoms with Crippen molar-refractivity contribution < 1.29 is 9.53 Å². The van der Waals surface area contributed by atoms with E-state index in [-0.39, 0.29) is 12.3 Å². The fourth-order valence-corrected chi connectivity index (χ4v) is 2.47. The van der Waals surface area contributed by atoms with Gasteiger partial charge in [-0.25, -0.2) is 5.84 Å². The Morgan fingerprint density at radius 1 is 1.19 bits per heavy atom. The third kappa shape index (κ3) is 4.74. The molecule has 2 aromatic carbocycles. The van der Waals surface area contributed by atoms with Gasteiger partial charge >= 0.3 is 0 Å². The predicted octanol–water partition coefficient (Wildman–Crippen LogP) is 3.21. The molecule has 1 amide bonds. The van der Waals surface area contributed by atoms with E-state index in [2.05, 4.69) is 21.4 Å². The fourth-order valence-electron chi connectivity index (χ4n) is 1.74. The van der Waals surface area contributed by atoms with Crippen molar-refractivity contribution in [2.75, 3.05) is 0 Å². The van der Waals surface area contributed by atoms with E-state index in [1.165, 1.54) is 0 Å². The molecule has 2 aromatic rings. The van der Waals surface area contributed by atoms with E-state index in [1.807, 2.05) is 36.4 Å². The van der Waals surface area contributed by atoms with Crippen LogP contribution in [0.4, 0.5) is 0 Å². The molecule has 3 N–H and O–H groups in total. The van der Waals surface area contributed by atoms with Crippen molar-refractivity contribution >= 4 is 33.4 Å². The third-order valence-electron chi connectivity index (χ3n) is 2.84. The Morgan fingerprint density at radius 2 is 1.86 bits per heavy atom. The molecular weight excluding hydrogens is 356 g/mol. The van der Waals surface area contributed by atoms with Gasteiger partial charge in [0, 0.05) is 4.47 Å². The van der Waals surface area contributed by atoms with E-state index >= 15 is 0 Å². The van der Waals surface area contributed by atoms with Crippen LogP contribution in [0.15, 0.2) is 46.9 Å². The molecule has 110 valence electrons. The van der Waals surface area contributed by atoms with E-state index < -0.39 is 0 Å².